The summed E-state index contributed by atoms with van der Waals surface area (Å²) in [5.41, 5.74) is 1.02. The number of rotatable bonds is 3. The molecule has 1 aromatic heterocycles. The highest BCUT2D eigenvalue weighted by molar-refractivity contribution is 5.96. The Hall–Kier alpha value is -2.21. The van der Waals surface area contributed by atoms with Gasteiger partial charge in [-0.25, -0.2) is 13.9 Å². The van der Waals surface area contributed by atoms with Gasteiger partial charge in [0, 0.05) is 12.2 Å². The van der Waals surface area contributed by atoms with E-state index in [0.717, 1.165) is 25.5 Å². The van der Waals surface area contributed by atoms with Gasteiger partial charge in [0.2, 0.25) is 0 Å². The molecule has 3 rings (SSSR count). The predicted octanol–water partition coefficient (Wildman–Crippen LogP) is 3.17. The smallest absolute Gasteiger partial charge is 0.338 e. The fraction of sp³-hybridized carbons (Fsp3) is 0.375. The average molecular weight is 304 g/mol. The molecule has 1 aromatic carbocycles. The van der Waals surface area contributed by atoms with Gasteiger partial charge in [-0.1, -0.05) is 18.2 Å². The number of hydrogen-bond donors (Lipinski definition) is 0. The molecule has 1 aliphatic rings. The van der Waals surface area contributed by atoms with Gasteiger partial charge in [-0.3, -0.25) is 0 Å². The van der Waals surface area contributed by atoms with Crippen molar-refractivity contribution in [3.05, 3.63) is 41.8 Å². The van der Waals surface area contributed by atoms with Gasteiger partial charge in [0.05, 0.1) is 18.9 Å². The molecule has 1 unspecified atom stereocenters. The Bertz CT molecular complexity index is 678. The third-order valence-electron chi connectivity index (χ3n) is 3.77. The van der Waals surface area contributed by atoms with Crippen LogP contribution in [0.25, 0.3) is 11.3 Å². The molecule has 1 fully saturated rings. The lowest BCUT2D eigenvalue weighted by molar-refractivity contribution is -0.0385. The van der Waals surface area contributed by atoms with Crippen LogP contribution in [0.2, 0.25) is 0 Å². The molecule has 0 saturated carbocycles. The fourth-order valence-corrected chi connectivity index (χ4v) is 2.71. The van der Waals surface area contributed by atoms with Gasteiger partial charge in [-0.2, -0.15) is 5.10 Å². The largest absolute Gasteiger partial charge is 0.465 e. The molecule has 6 heteroatoms. The van der Waals surface area contributed by atoms with Crippen LogP contribution in [0.5, 0.6) is 0 Å². The van der Waals surface area contributed by atoms with Gasteiger partial charge < -0.3 is 9.47 Å². The number of nitrogens with zero attached hydrogens (tertiary/aromatic N) is 2. The van der Waals surface area contributed by atoms with E-state index in [-0.39, 0.29) is 11.9 Å². The lowest BCUT2D eigenvalue weighted by atomic mass is 10.0. The molecular formula is C16H17FN2O3. The van der Waals surface area contributed by atoms with E-state index < -0.39 is 11.8 Å². The van der Waals surface area contributed by atoms with Crippen molar-refractivity contribution in [2.45, 2.75) is 25.5 Å². The SMILES string of the molecule is COC(=O)c1ccccc1-c1c(F)cnn1C1CCCCO1. The molecule has 2 aromatic rings. The Kier molecular flexibility index (Phi) is 4.20. The van der Waals surface area contributed by atoms with Crippen molar-refractivity contribution in [2.24, 2.45) is 0 Å². The highest BCUT2D eigenvalue weighted by atomic mass is 19.1. The van der Waals surface area contributed by atoms with Crippen molar-refractivity contribution < 1.29 is 18.7 Å². The predicted molar refractivity (Wildman–Crippen MR) is 77.8 cm³/mol. The van der Waals surface area contributed by atoms with Crippen molar-refractivity contribution in [3.8, 4) is 11.3 Å². The van der Waals surface area contributed by atoms with Gasteiger partial charge in [0.15, 0.2) is 12.0 Å². The zero-order valence-electron chi connectivity index (χ0n) is 12.3. The van der Waals surface area contributed by atoms with Crippen LogP contribution in [0.4, 0.5) is 4.39 Å². The van der Waals surface area contributed by atoms with Crippen LogP contribution in [-0.4, -0.2) is 29.5 Å². The first-order valence-corrected chi connectivity index (χ1v) is 7.24. The monoisotopic (exact) mass is 304 g/mol. The molecule has 2 heterocycles. The number of aromatic nitrogens is 2. The van der Waals surface area contributed by atoms with Gasteiger partial charge in [-0.15, -0.1) is 0 Å². The third-order valence-corrected chi connectivity index (χ3v) is 3.77. The molecule has 1 atom stereocenters. The molecule has 1 saturated heterocycles. The standard InChI is InChI=1S/C16H17FN2O3/c1-21-16(20)12-7-3-2-6-11(12)15-13(17)10-18-19(15)14-8-4-5-9-22-14/h2-3,6-7,10,14H,4-5,8-9H2,1H3. The summed E-state index contributed by atoms with van der Waals surface area (Å²) < 4.78 is 26.3. The van der Waals surface area contributed by atoms with E-state index in [4.69, 9.17) is 9.47 Å². The van der Waals surface area contributed by atoms with Crippen LogP contribution in [0, 0.1) is 5.82 Å². The minimum Gasteiger partial charge on any atom is -0.465 e. The lowest BCUT2D eigenvalue weighted by Gasteiger charge is -2.24. The molecule has 0 aliphatic carbocycles. The zero-order chi connectivity index (χ0) is 15.5. The molecule has 5 nitrogen and oxygen atoms in total. The second-order valence-electron chi connectivity index (χ2n) is 5.14. The first kappa shape index (κ1) is 14.7. The zero-order valence-corrected chi connectivity index (χ0v) is 12.3. The van der Waals surface area contributed by atoms with E-state index in [0.29, 0.717) is 17.7 Å². The molecule has 0 radical (unpaired) electrons. The van der Waals surface area contributed by atoms with Crippen molar-refractivity contribution in [3.63, 3.8) is 0 Å². The highest BCUT2D eigenvalue weighted by Crippen LogP contribution is 2.32. The average Bonchev–Trinajstić information content (AvgIpc) is 2.96. The molecule has 0 bridgehead atoms. The Morgan fingerprint density at radius 1 is 1.41 bits per heavy atom. The normalized spacial score (nSPS) is 18.2. The Morgan fingerprint density at radius 3 is 2.95 bits per heavy atom. The summed E-state index contributed by atoms with van der Waals surface area (Å²) in [6.07, 6.45) is 3.62. The molecule has 1 aliphatic heterocycles. The summed E-state index contributed by atoms with van der Waals surface area (Å²) in [6, 6.07) is 6.76. The molecule has 116 valence electrons. The maximum atomic E-state index is 14.3. The van der Waals surface area contributed by atoms with E-state index in [1.54, 1.807) is 24.3 Å². The van der Waals surface area contributed by atoms with Crippen LogP contribution in [0.3, 0.4) is 0 Å². The topological polar surface area (TPSA) is 53.3 Å². The van der Waals surface area contributed by atoms with Crippen molar-refractivity contribution in [2.75, 3.05) is 13.7 Å². The number of carbonyl (C=O) groups excluding carboxylic acids is 1. The summed E-state index contributed by atoms with van der Waals surface area (Å²) in [6.45, 7) is 0.629. The van der Waals surface area contributed by atoms with E-state index in [1.807, 2.05) is 0 Å². The van der Waals surface area contributed by atoms with Crippen molar-refractivity contribution in [1.82, 2.24) is 9.78 Å². The molecule has 22 heavy (non-hydrogen) atoms. The number of ether oxygens (including phenoxy) is 2. The van der Waals surface area contributed by atoms with E-state index >= 15 is 0 Å². The number of benzene rings is 1. The van der Waals surface area contributed by atoms with E-state index in [1.165, 1.54) is 11.8 Å². The molecule has 0 spiro atoms. The number of carbonyl (C=O) groups is 1. The first-order chi connectivity index (χ1) is 10.7. The van der Waals surface area contributed by atoms with Gasteiger partial charge in [-0.05, 0) is 25.3 Å². The van der Waals surface area contributed by atoms with E-state index in [9.17, 15) is 9.18 Å². The van der Waals surface area contributed by atoms with Crippen molar-refractivity contribution in [1.29, 1.82) is 0 Å². The number of halogens is 1. The van der Waals surface area contributed by atoms with Crippen LogP contribution in [0.15, 0.2) is 30.5 Å². The number of esters is 1. The third kappa shape index (κ3) is 2.62. The molecule has 0 N–H and O–H groups in total. The number of methoxy groups -OCH3 is 1. The first-order valence-electron chi connectivity index (χ1n) is 7.24. The molecule has 0 amide bonds. The second-order valence-corrected chi connectivity index (χ2v) is 5.14. The minimum absolute atomic E-state index is 0.257. The summed E-state index contributed by atoms with van der Waals surface area (Å²) in [5.74, 6) is -0.988. The Morgan fingerprint density at radius 2 is 2.23 bits per heavy atom. The van der Waals surface area contributed by atoms with Crippen molar-refractivity contribution >= 4 is 5.97 Å². The highest BCUT2D eigenvalue weighted by Gasteiger charge is 2.25. The summed E-state index contributed by atoms with van der Waals surface area (Å²) >= 11 is 0. The van der Waals surface area contributed by atoms with Gasteiger partial charge >= 0.3 is 5.97 Å². The van der Waals surface area contributed by atoms with Gasteiger partial charge in [0.25, 0.3) is 0 Å². The molecular weight excluding hydrogens is 287 g/mol. The van der Waals surface area contributed by atoms with Crippen LogP contribution >= 0.6 is 0 Å². The maximum absolute atomic E-state index is 14.3. The van der Waals surface area contributed by atoms with Crippen LogP contribution in [-0.2, 0) is 9.47 Å². The van der Waals surface area contributed by atoms with Crippen LogP contribution in [0.1, 0.15) is 35.8 Å². The Balaban J connectivity index is 2.09. The second kappa shape index (κ2) is 6.27. The van der Waals surface area contributed by atoms with Crippen LogP contribution < -0.4 is 0 Å². The summed E-state index contributed by atoms with van der Waals surface area (Å²) in [4.78, 5) is 11.9. The fourth-order valence-electron chi connectivity index (χ4n) is 2.71. The van der Waals surface area contributed by atoms with Gasteiger partial charge in [0.1, 0.15) is 5.69 Å². The lowest BCUT2D eigenvalue weighted by Crippen LogP contribution is -2.20. The minimum atomic E-state index is -0.507. The summed E-state index contributed by atoms with van der Waals surface area (Å²) in [5, 5.41) is 4.11. The maximum Gasteiger partial charge on any atom is 0.338 e. The Labute approximate surface area is 127 Å². The summed E-state index contributed by atoms with van der Waals surface area (Å²) in [7, 11) is 1.30. The van der Waals surface area contributed by atoms with E-state index in [2.05, 4.69) is 5.10 Å². The quantitative estimate of drug-likeness (QED) is 0.817. The number of hydrogen-bond acceptors (Lipinski definition) is 4.